The highest BCUT2D eigenvalue weighted by Crippen LogP contribution is 2.50. The highest BCUT2D eigenvalue weighted by molar-refractivity contribution is 6.01. The number of benzene rings is 2. The number of amides is 1. The van der Waals surface area contributed by atoms with Gasteiger partial charge in [-0.3, -0.25) is 4.79 Å². The summed E-state index contributed by atoms with van der Waals surface area (Å²) in [5, 5.41) is 3.55. The lowest BCUT2D eigenvalue weighted by Crippen LogP contribution is -2.42. The quantitative estimate of drug-likeness (QED) is 0.630. The molecule has 1 saturated carbocycles. The second-order valence-electron chi connectivity index (χ2n) is 8.37. The standard InChI is InChI=1S/C23H26F3N3O.2ClH/c1-29-11-9-15(10-12-29)28-19-13-18(19)16-7-8-17(22(27)30)20(21(16)23(24,25)26)14-5-3-2-4-6-14;;/h2-8,15,18-19,28H,9-13H2,1H3,(H2,27,30);2*1H/t18-,19+;;/m1../s1. The molecule has 2 aromatic carbocycles. The molecule has 0 unspecified atom stereocenters. The van der Waals surface area contributed by atoms with Crippen molar-refractivity contribution in [3.8, 4) is 11.1 Å². The average molecular weight is 490 g/mol. The lowest BCUT2D eigenvalue weighted by atomic mass is 9.88. The zero-order valence-corrected chi connectivity index (χ0v) is 19.3. The topological polar surface area (TPSA) is 58.4 Å². The Bertz CT molecular complexity index is 932. The number of alkyl halides is 3. The first-order valence-electron chi connectivity index (χ1n) is 10.3. The summed E-state index contributed by atoms with van der Waals surface area (Å²) in [6, 6.07) is 11.5. The molecule has 1 amide bonds. The van der Waals surface area contributed by atoms with Crippen LogP contribution in [0.2, 0.25) is 0 Å². The molecule has 2 atom stereocenters. The van der Waals surface area contributed by atoms with E-state index >= 15 is 0 Å². The third-order valence-electron chi connectivity index (χ3n) is 6.21. The van der Waals surface area contributed by atoms with E-state index in [-0.39, 0.29) is 53.5 Å². The predicted molar refractivity (Wildman–Crippen MR) is 125 cm³/mol. The Balaban J connectivity index is 0.00000181. The van der Waals surface area contributed by atoms with Crippen LogP contribution >= 0.6 is 24.8 Å². The van der Waals surface area contributed by atoms with Crippen molar-refractivity contribution in [1.82, 2.24) is 10.2 Å². The molecular weight excluding hydrogens is 462 g/mol. The summed E-state index contributed by atoms with van der Waals surface area (Å²) in [5.74, 6) is -1.08. The van der Waals surface area contributed by atoms with Crippen molar-refractivity contribution < 1.29 is 18.0 Å². The Kier molecular flexibility index (Phi) is 8.62. The van der Waals surface area contributed by atoms with E-state index in [0.717, 1.165) is 25.9 Å². The number of primary amides is 1. The van der Waals surface area contributed by atoms with Crippen molar-refractivity contribution in [1.29, 1.82) is 0 Å². The van der Waals surface area contributed by atoms with Crippen molar-refractivity contribution in [2.75, 3.05) is 20.1 Å². The Morgan fingerprint density at radius 3 is 2.25 bits per heavy atom. The van der Waals surface area contributed by atoms with E-state index < -0.39 is 17.6 Å². The second-order valence-corrected chi connectivity index (χ2v) is 8.37. The van der Waals surface area contributed by atoms with E-state index in [1.54, 1.807) is 30.3 Å². The first-order valence-corrected chi connectivity index (χ1v) is 10.3. The smallest absolute Gasteiger partial charge is 0.366 e. The number of carbonyl (C=O) groups is 1. The van der Waals surface area contributed by atoms with E-state index in [0.29, 0.717) is 18.0 Å². The molecule has 2 aromatic rings. The Morgan fingerprint density at radius 1 is 1.06 bits per heavy atom. The summed E-state index contributed by atoms with van der Waals surface area (Å²) in [6.45, 7) is 1.99. The van der Waals surface area contributed by atoms with E-state index in [1.165, 1.54) is 12.1 Å². The molecule has 0 aromatic heterocycles. The fourth-order valence-electron chi connectivity index (χ4n) is 4.54. The van der Waals surface area contributed by atoms with Gasteiger partial charge in [-0.2, -0.15) is 13.2 Å². The van der Waals surface area contributed by atoms with Gasteiger partial charge in [0.1, 0.15) is 0 Å². The summed E-state index contributed by atoms with van der Waals surface area (Å²) in [7, 11) is 2.08. The van der Waals surface area contributed by atoms with Crippen LogP contribution in [0.15, 0.2) is 42.5 Å². The maximum atomic E-state index is 14.3. The van der Waals surface area contributed by atoms with Crippen LogP contribution in [0.1, 0.15) is 46.7 Å². The van der Waals surface area contributed by atoms with Crippen LogP contribution in [0, 0.1) is 0 Å². The van der Waals surface area contributed by atoms with Crippen LogP contribution in [-0.4, -0.2) is 43.0 Å². The zero-order valence-electron chi connectivity index (χ0n) is 17.7. The fourth-order valence-corrected chi connectivity index (χ4v) is 4.54. The van der Waals surface area contributed by atoms with Crippen LogP contribution < -0.4 is 11.1 Å². The zero-order chi connectivity index (χ0) is 21.5. The van der Waals surface area contributed by atoms with Crippen LogP contribution in [0.25, 0.3) is 11.1 Å². The number of halogens is 5. The minimum absolute atomic E-state index is 0. The first kappa shape index (κ1) is 26.5. The summed E-state index contributed by atoms with van der Waals surface area (Å²) >= 11 is 0. The van der Waals surface area contributed by atoms with Gasteiger partial charge in [0.05, 0.1) is 5.56 Å². The average Bonchev–Trinajstić information content (AvgIpc) is 3.47. The number of piperidine rings is 1. The number of hydrogen-bond acceptors (Lipinski definition) is 3. The largest absolute Gasteiger partial charge is 0.417 e. The van der Waals surface area contributed by atoms with Gasteiger partial charge in [-0.25, -0.2) is 0 Å². The molecule has 0 bridgehead atoms. The molecule has 0 spiro atoms. The minimum Gasteiger partial charge on any atom is -0.366 e. The molecule has 3 N–H and O–H groups in total. The number of hydrogen-bond donors (Lipinski definition) is 2. The molecule has 1 saturated heterocycles. The van der Waals surface area contributed by atoms with E-state index in [2.05, 4.69) is 17.3 Å². The third-order valence-corrected chi connectivity index (χ3v) is 6.21. The number of nitrogens with two attached hydrogens (primary N) is 1. The van der Waals surface area contributed by atoms with E-state index in [1.807, 2.05) is 0 Å². The number of nitrogens with zero attached hydrogens (tertiary/aromatic N) is 1. The molecular formula is C23H28Cl2F3N3O. The predicted octanol–water partition coefficient (Wildman–Crippen LogP) is 4.85. The van der Waals surface area contributed by atoms with Crippen LogP contribution in [0.5, 0.6) is 0 Å². The van der Waals surface area contributed by atoms with Gasteiger partial charge in [-0.1, -0.05) is 36.4 Å². The van der Waals surface area contributed by atoms with E-state index in [9.17, 15) is 18.0 Å². The maximum absolute atomic E-state index is 14.3. The Morgan fingerprint density at radius 2 is 1.69 bits per heavy atom. The van der Waals surface area contributed by atoms with Crippen LogP contribution in [0.4, 0.5) is 13.2 Å². The summed E-state index contributed by atoms with van der Waals surface area (Å²) in [4.78, 5) is 14.2. The molecule has 2 fully saturated rings. The fraction of sp³-hybridized carbons (Fsp3) is 0.435. The molecule has 4 nitrogen and oxygen atoms in total. The molecule has 1 heterocycles. The molecule has 2 aliphatic rings. The second kappa shape index (κ2) is 10.4. The third kappa shape index (κ3) is 5.57. The molecule has 176 valence electrons. The Hall–Kier alpha value is -1.80. The SMILES string of the molecule is CN1CCC(N[C@H]2C[C@@H]2c2ccc(C(N)=O)c(-c3ccccc3)c2C(F)(F)F)CC1.Cl.Cl. The normalized spacial score (nSPS) is 21.4. The van der Waals surface area contributed by atoms with Crippen LogP contribution in [-0.2, 0) is 6.18 Å². The van der Waals surface area contributed by atoms with Gasteiger partial charge in [0.2, 0.25) is 5.91 Å². The summed E-state index contributed by atoms with van der Waals surface area (Å²) in [5.41, 5.74) is 5.09. The highest BCUT2D eigenvalue weighted by Gasteiger charge is 2.47. The molecule has 9 heteroatoms. The maximum Gasteiger partial charge on any atom is 0.417 e. The number of nitrogens with one attached hydrogen (secondary N) is 1. The van der Waals surface area contributed by atoms with Gasteiger partial charge < -0.3 is 16.0 Å². The van der Waals surface area contributed by atoms with E-state index in [4.69, 9.17) is 5.73 Å². The first-order chi connectivity index (χ1) is 14.3. The Labute approximate surface area is 198 Å². The monoisotopic (exact) mass is 489 g/mol. The molecule has 1 aliphatic heterocycles. The van der Waals surface area contributed by atoms with Crippen molar-refractivity contribution >= 4 is 30.7 Å². The molecule has 1 aliphatic carbocycles. The van der Waals surface area contributed by atoms with Crippen molar-refractivity contribution in [2.24, 2.45) is 5.73 Å². The molecule has 0 radical (unpaired) electrons. The van der Waals surface area contributed by atoms with Crippen molar-refractivity contribution in [3.05, 3.63) is 59.2 Å². The van der Waals surface area contributed by atoms with Gasteiger partial charge in [0, 0.05) is 29.1 Å². The lowest BCUT2D eigenvalue weighted by Gasteiger charge is -2.30. The summed E-state index contributed by atoms with van der Waals surface area (Å²) in [6.07, 6.45) is -1.92. The molecule has 32 heavy (non-hydrogen) atoms. The van der Waals surface area contributed by atoms with Gasteiger partial charge in [0.25, 0.3) is 0 Å². The minimum atomic E-state index is -4.59. The molecule has 4 rings (SSSR count). The van der Waals surface area contributed by atoms with Gasteiger partial charge in [-0.15, -0.1) is 24.8 Å². The lowest BCUT2D eigenvalue weighted by molar-refractivity contribution is -0.137. The van der Waals surface area contributed by atoms with Crippen molar-refractivity contribution in [2.45, 2.75) is 43.4 Å². The van der Waals surface area contributed by atoms with Crippen LogP contribution in [0.3, 0.4) is 0 Å². The number of rotatable bonds is 5. The van der Waals surface area contributed by atoms with Gasteiger partial charge >= 0.3 is 6.18 Å². The summed E-state index contributed by atoms with van der Waals surface area (Å²) < 4.78 is 42.8. The number of carbonyl (C=O) groups excluding carboxylic acids is 1. The highest BCUT2D eigenvalue weighted by atomic mass is 35.5. The van der Waals surface area contributed by atoms with Gasteiger partial charge in [-0.05, 0) is 56.6 Å². The number of likely N-dealkylation sites (tertiary alicyclic amines) is 1. The van der Waals surface area contributed by atoms with Crippen molar-refractivity contribution in [3.63, 3.8) is 0 Å². The van der Waals surface area contributed by atoms with Gasteiger partial charge in [0.15, 0.2) is 0 Å².